The molecule has 0 aliphatic heterocycles. The minimum Gasteiger partial charge on any atom is -0.366 e. The molecular weight excluding hydrogens is 248 g/mol. The van der Waals surface area contributed by atoms with Crippen molar-refractivity contribution in [2.75, 3.05) is 6.54 Å². The molecule has 3 N–H and O–H groups in total. The van der Waals surface area contributed by atoms with E-state index in [1.807, 2.05) is 6.07 Å². The molecular formula is C14H21ClN2O. The number of hydrogen-bond acceptors (Lipinski definition) is 2. The van der Waals surface area contributed by atoms with Crippen LogP contribution in [0, 0.1) is 11.8 Å². The van der Waals surface area contributed by atoms with Crippen molar-refractivity contribution >= 4 is 17.5 Å². The van der Waals surface area contributed by atoms with Crippen LogP contribution in [0.1, 0.15) is 36.7 Å². The Balaban J connectivity index is 2.56. The third kappa shape index (κ3) is 4.31. The van der Waals surface area contributed by atoms with Gasteiger partial charge in [0.1, 0.15) is 0 Å². The molecule has 1 atom stereocenters. The highest BCUT2D eigenvalue weighted by Gasteiger charge is 2.08. The maximum absolute atomic E-state index is 11.0. The maximum atomic E-state index is 11.0. The highest BCUT2D eigenvalue weighted by Crippen LogP contribution is 2.18. The summed E-state index contributed by atoms with van der Waals surface area (Å²) in [7, 11) is 0. The van der Waals surface area contributed by atoms with E-state index in [1.165, 1.54) is 0 Å². The molecule has 4 heteroatoms. The smallest absolute Gasteiger partial charge is 0.248 e. The maximum Gasteiger partial charge on any atom is 0.248 e. The van der Waals surface area contributed by atoms with Gasteiger partial charge < -0.3 is 11.1 Å². The quantitative estimate of drug-likeness (QED) is 0.834. The largest absolute Gasteiger partial charge is 0.366 e. The van der Waals surface area contributed by atoms with Crippen molar-refractivity contribution in [2.24, 2.45) is 17.6 Å². The fourth-order valence-electron chi connectivity index (χ4n) is 1.51. The Labute approximate surface area is 114 Å². The zero-order valence-corrected chi connectivity index (χ0v) is 11.9. The van der Waals surface area contributed by atoms with Crippen molar-refractivity contribution in [3.63, 3.8) is 0 Å². The first-order valence-corrected chi connectivity index (χ1v) is 6.58. The molecule has 0 bridgehead atoms. The molecule has 0 spiro atoms. The second-order valence-electron chi connectivity index (χ2n) is 5.02. The minimum atomic E-state index is -0.454. The van der Waals surface area contributed by atoms with Gasteiger partial charge in [-0.2, -0.15) is 0 Å². The summed E-state index contributed by atoms with van der Waals surface area (Å²) < 4.78 is 0. The summed E-state index contributed by atoms with van der Waals surface area (Å²) in [4.78, 5) is 11.0. The van der Waals surface area contributed by atoms with E-state index in [-0.39, 0.29) is 0 Å². The van der Waals surface area contributed by atoms with Gasteiger partial charge in [-0.25, -0.2) is 0 Å². The van der Waals surface area contributed by atoms with E-state index in [9.17, 15) is 4.79 Å². The van der Waals surface area contributed by atoms with Crippen LogP contribution in [0.2, 0.25) is 5.02 Å². The van der Waals surface area contributed by atoms with Crippen molar-refractivity contribution in [3.05, 3.63) is 34.3 Å². The predicted octanol–water partition coefficient (Wildman–Crippen LogP) is 2.82. The lowest BCUT2D eigenvalue weighted by Crippen LogP contribution is -2.24. The molecule has 0 radical (unpaired) electrons. The molecule has 0 fully saturated rings. The Morgan fingerprint density at radius 1 is 1.39 bits per heavy atom. The van der Waals surface area contributed by atoms with Crippen molar-refractivity contribution in [1.29, 1.82) is 0 Å². The predicted molar refractivity (Wildman–Crippen MR) is 75.7 cm³/mol. The molecule has 0 aliphatic carbocycles. The van der Waals surface area contributed by atoms with Gasteiger partial charge in [-0.1, -0.05) is 38.4 Å². The van der Waals surface area contributed by atoms with E-state index in [2.05, 4.69) is 26.1 Å². The zero-order valence-electron chi connectivity index (χ0n) is 11.2. The van der Waals surface area contributed by atoms with Crippen LogP contribution in [0.25, 0.3) is 0 Å². The number of halogens is 1. The van der Waals surface area contributed by atoms with Gasteiger partial charge in [-0.3, -0.25) is 4.79 Å². The fourth-order valence-corrected chi connectivity index (χ4v) is 1.76. The summed E-state index contributed by atoms with van der Waals surface area (Å²) in [5, 5.41) is 3.95. The van der Waals surface area contributed by atoms with E-state index in [1.54, 1.807) is 12.1 Å². The molecule has 1 rings (SSSR count). The zero-order chi connectivity index (χ0) is 13.7. The van der Waals surface area contributed by atoms with Crippen LogP contribution >= 0.6 is 11.6 Å². The topological polar surface area (TPSA) is 55.1 Å². The van der Waals surface area contributed by atoms with Crippen LogP contribution in [0.3, 0.4) is 0 Å². The number of benzene rings is 1. The molecule has 0 aliphatic rings. The van der Waals surface area contributed by atoms with Gasteiger partial charge in [-0.05, 0) is 36.1 Å². The fraction of sp³-hybridized carbons (Fsp3) is 0.500. The number of rotatable bonds is 6. The Bertz CT molecular complexity index is 418. The standard InChI is InChI=1S/C14H21ClN2O/c1-9(2)10(3)7-17-8-12-5-4-11(14(16)18)6-13(12)15/h4-6,9-10,17H,7-8H2,1-3H3,(H2,16,18). The Hall–Kier alpha value is -1.06. The van der Waals surface area contributed by atoms with Gasteiger partial charge in [0.25, 0.3) is 0 Å². The Morgan fingerprint density at radius 3 is 2.56 bits per heavy atom. The Kier molecular flexibility index (Phi) is 5.63. The normalized spacial score (nSPS) is 12.7. The average Bonchev–Trinajstić information content (AvgIpc) is 2.30. The number of carbonyl (C=O) groups excluding carboxylic acids is 1. The minimum absolute atomic E-state index is 0.444. The first-order valence-electron chi connectivity index (χ1n) is 6.20. The third-order valence-electron chi connectivity index (χ3n) is 3.26. The summed E-state index contributed by atoms with van der Waals surface area (Å²) in [6.45, 7) is 8.29. The van der Waals surface area contributed by atoms with E-state index >= 15 is 0 Å². The second-order valence-corrected chi connectivity index (χ2v) is 5.43. The van der Waals surface area contributed by atoms with Gasteiger partial charge in [-0.15, -0.1) is 0 Å². The van der Waals surface area contributed by atoms with E-state index in [4.69, 9.17) is 17.3 Å². The third-order valence-corrected chi connectivity index (χ3v) is 3.61. The first-order chi connectivity index (χ1) is 8.41. The van der Waals surface area contributed by atoms with Crippen LogP contribution in [-0.4, -0.2) is 12.5 Å². The van der Waals surface area contributed by atoms with Gasteiger partial charge in [0, 0.05) is 17.1 Å². The molecule has 100 valence electrons. The molecule has 3 nitrogen and oxygen atoms in total. The van der Waals surface area contributed by atoms with Gasteiger partial charge >= 0.3 is 0 Å². The van der Waals surface area contributed by atoms with E-state index in [0.29, 0.717) is 29.0 Å². The van der Waals surface area contributed by atoms with E-state index in [0.717, 1.165) is 12.1 Å². The summed E-state index contributed by atoms with van der Waals surface area (Å²) in [5.74, 6) is 0.823. The van der Waals surface area contributed by atoms with Crippen LogP contribution in [-0.2, 0) is 6.54 Å². The van der Waals surface area contributed by atoms with Gasteiger partial charge in [0.05, 0.1) is 0 Å². The molecule has 1 amide bonds. The molecule has 0 saturated carbocycles. The van der Waals surface area contributed by atoms with Crippen molar-refractivity contribution in [3.8, 4) is 0 Å². The van der Waals surface area contributed by atoms with Gasteiger partial charge in [0.2, 0.25) is 5.91 Å². The molecule has 0 saturated heterocycles. The second kappa shape index (κ2) is 6.76. The highest BCUT2D eigenvalue weighted by molar-refractivity contribution is 6.31. The van der Waals surface area contributed by atoms with Crippen LogP contribution in [0.4, 0.5) is 0 Å². The van der Waals surface area contributed by atoms with E-state index < -0.39 is 5.91 Å². The molecule has 1 aromatic rings. The molecule has 1 unspecified atom stereocenters. The summed E-state index contributed by atoms with van der Waals surface area (Å²) in [6.07, 6.45) is 0. The van der Waals surface area contributed by atoms with Crippen LogP contribution in [0.5, 0.6) is 0 Å². The molecule has 0 heterocycles. The number of amides is 1. The lowest BCUT2D eigenvalue weighted by atomic mass is 9.98. The number of nitrogens with one attached hydrogen (secondary N) is 1. The van der Waals surface area contributed by atoms with Crippen LogP contribution < -0.4 is 11.1 Å². The number of carbonyl (C=O) groups is 1. The lowest BCUT2D eigenvalue weighted by Gasteiger charge is -2.16. The van der Waals surface area contributed by atoms with Crippen molar-refractivity contribution in [2.45, 2.75) is 27.3 Å². The van der Waals surface area contributed by atoms with Gasteiger partial charge in [0.15, 0.2) is 0 Å². The molecule has 0 aromatic heterocycles. The lowest BCUT2D eigenvalue weighted by molar-refractivity contribution is 0.100. The van der Waals surface area contributed by atoms with Crippen molar-refractivity contribution in [1.82, 2.24) is 5.32 Å². The summed E-state index contributed by atoms with van der Waals surface area (Å²) in [5.41, 5.74) is 6.62. The summed E-state index contributed by atoms with van der Waals surface area (Å²) >= 11 is 6.10. The number of hydrogen-bond donors (Lipinski definition) is 2. The van der Waals surface area contributed by atoms with Crippen LogP contribution in [0.15, 0.2) is 18.2 Å². The monoisotopic (exact) mass is 268 g/mol. The van der Waals surface area contributed by atoms with Crippen molar-refractivity contribution < 1.29 is 4.79 Å². The number of nitrogens with two attached hydrogens (primary N) is 1. The first kappa shape index (κ1) is 15.0. The average molecular weight is 269 g/mol. The molecule has 18 heavy (non-hydrogen) atoms. The molecule has 1 aromatic carbocycles. The highest BCUT2D eigenvalue weighted by atomic mass is 35.5. The number of primary amides is 1. The summed E-state index contributed by atoms with van der Waals surface area (Å²) in [6, 6.07) is 5.17. The Morgan fingerprint density at radius 2 is 2.06 bits per heavy atom. The SMILES string of the molecule is CC(C)C(C)CNCc1ccc(C(N)=O)cc1Cl.